The first-order chi connectivity index (χ1) is 11.8. The maximum absolute atomic E-state index is 12.2. The van der Waals surface area contributed by atoms with Gasteiger partial charge < -0.3 is 21.5 Å². The molecule has 0 saturated heterocycles. The zero-order valence-electron chi connectivity index (χ0n) is 14.4. The van der Waals surface area contributed by atoms with Crippen LogP contribution in [0.25, 0.3) is 0 Å². The fraction of sp³-hybridized carbons (Fsp3) is 0.471. The van der Waals surface area contributed by atoms with Crippen LogP contribution < -0.4 is 16.4 Å². The Morgan fingerprint density at radius 3 is 2.36 bits per heavy atom. The molecule has 0 spiro atoms. The maximum atomic E-state index is 12.2. The van der Waals surface area contributed by atoms with Gasteiger partial charge >= 0.3 is 5.97 Å². The van der Waals surface area contributed by atoms with Crippen molar-refractivity contribution in [3.63, 3.8) is 0 Å². The number of thioether (sulfide) groups is 1. The molecule has 2 amide bonds. The number of carbonyl (C=O) groups excluding carboxylic acids is 2. The first kappa shape index (κ1) is 21.0. The van der Waals surface area contributed by atoms with Gasteiger partial charge in [0.05, 0.1) is 6.04 Å². The lowest BCUT2D eigenvalue weighted by atomic mass is 10.1. The summed E-state index contributed by atoms with van der Waals surface area (Å²) in [7, 11) is 0. The Bertz CT molecular complexity index is 583. The van der Waals surface area contributed by atoms with Crippen LogP contribution in [0.1, 0.15) is 18.9 Å². The number of rotatable bonds is 10. The van der Waals surface area contributed by atoms with E-state index in [4.69, 9.17) is 5.73 Å². The normalized spacial score (nSPS) is 14.2. The summed E-state index contributed by atoms with van der Waals surface area (Å²) < 4.78 is 0. The monoisotopic (exact) mass is 367 g/mol. The van der Waals surface area contributed by atoms with Gasteiger partial charge in [-0.1, -0.05) is 30.3 Å². The summed E-state index contributed by atoms with van der Waals surface area (Å²) in [4.78, 5) is 35.5. The number of nitrogens with one attached hydrogen (secondary N) is 2. The van der Waals surface area contributed by atoms with Crippen molar-refractivity contribution in [1.82, 2.24) is 10.6 Å². The van der Waals surface area contributed by atoms with E-state index in [-0.39, 0.29) is 6.42 Å². The van der Waals surface area contributed by atoms with Gasteiger partial charge in [0.1, 0.15) is 12.1 Å². The van der Waals surface area contributed by atoms with Crippen LogP contribution in [0, 0.1) is 0 Å². The minimum absolute atomic E-state index is 0.163. The highest BCUT2D eigenvalue weighted by Gasteiger charge is 2.25. The lowest BCUT2D eigenvalue weighted by Gasteiger charge is -2.20. The Kier molecular flexibility index (Phi) is 9.01. The third kappa shape index (κ3) is 7.57. The number of carboxylic acids is 1. The third-order valence-electron chi connectivity index (χ3n) is 3.62. The van der Waals surface area contributed by atoms with E-state index in [1.807, 2.05) is 12.3 Å². The fourth-order valence-corrected chi connectivity index (χ4v) is 2.60. The predicted octanol–water partition coefficient (Wildman–Crippen LogP) is 0.384. The smallest absolute Gasteiger partial charge is 0.326 e. The summed E-state index contributed by atoms with van der Waals surface area (Å²) in [5.41, 5.74) is 6.55. The SMILES string of the molecule is CSCCC(N)C(=O)NC(C)C(=O)NC(Cc1ccccc1)C(=O)O. The van der Waals surface area contributed by atoms with Gasteiger partial charge in [0.25, 0.3) is 0 Å². The van der Waals surface area contributed by atoms with E-state index in [1.165, 1.54) is 6.92 Å². The average molecular weight is 367 g/mol. The standard InChI is InChI=1S/C17H25N3O4S/c1-11(19-16(22)13(18)8-9-25-2)15(21)20-14(17(23)24)10-12-6-4-3-5-7-12/h3-7,11,13-14H,8-10,18H2,1-2H3,(H,19,22)(H,20,21)(H,23,24). The molecule has 7 nitrogen and oxygen atoms in total. The van der Waals surface area contributed by atoms with Crippen molar-refractivity contribution in [1.29, 1.82) is 0 Å². The molecule has 0 saturated carbocycles. The molecule has 25 heavy (non-hydrogen) atoms. The molecule has 138 valence electrons. The molecule has 0 aliphatic carbocycles. The molecule has 0 aliphatic rings. The van der Waals surface area contributed by atoms with Gasteiger partial charge in [-0.2, -0.15) is 11.8 Å². The zero-order valence-corrected chi connectivity index (χ0v) is 15.2. The van der Waals surface area contributed by atoms with Crippen LogP contribution in [0.2, 0.25) is 0 Å². The van der Waals surface area contributed by atoms with Crippen LogP contribution in [-0.4, -0.2) is 53.0 Å². The summed E-state index contributed by atoms with van der Waals surface area (Å²) >= 11 is 1.58. The number of benzene rings is 1. The Hall–Kier alpha value is -2.06. The highest BCUT2D eigenvalue weighted by atomic mass is 32.2. The largest absolute Gasteiger partial charge is 0.480 e. The molecule has 1 aromatic rings. The van der Waals surface area contributed by atoms with E-state index in [0.29, 0.717) is 6.42 Å². The zero-order chi connectivity index (χ0) is 18.8. The van der Waals surface area contributed by atoms with Crippen molar-refractivity contribution >= 4 is 29.5 Å². The molecule has 1 aromatic carbocycles. The van der Waals surface area contributed by atoms with Crippen LogP contribution in [0.3, 0.4) is 0 Å². The highest BCUT2D eigenvalue weighted by molar-refractivity contribution is 7.98. The first-order valence-electron chi connectivity index (χ1n) is 7.97. The summed E-state index contributed by atoms with van der Waals surface area (Å²) in [6.07, 6.45) is 2.59. The summed E-state index contributed by atoms with van der Waals surface area (Å²) in [6.45, 7) is 1.50. The number of aliphatic carboxylic acids is 1. The average Bonchev–Trinajstić information content (AvgIpc) is 2.59. The molecule has 0 heterocycles. The molecule has 8 heteroatoms. The second kappa shape index (κ2) is 10.7. The molecule has 0 aromatic heterocycles. The Morgan fingerprint density at radius 1 is 1.16 bits per heavy atom. The van der Waals surface area contributed by atoms with Crippen molar-refractivity contribution in [3.05, 3.63) is 35.9 Å². The van der Waals surface area contributed by atoms with E-state index < -0.39 is 35.9 Å². The maximum Gasteiger partial charge on any atom is 0.326 e. The number of hydrogen-bond donors (Lipinski definition) is 4. The number of amides is 2. The Morgan fingerprint density at radius 2 is 1.80 bits per heavy atom. The summed E-state index contributed by atoms with van der Waals surface area (Å²) in [5, 5.41) is 14.3. The highest BCUT2D eigenvalue weighted by Crippen LogP contribution is 2.04. The van der Waals surface area contributed by atoms with Crippen molar-refractivity contribution in [2.75, 3.05) is 12.0 Å². The van der Waals surface area contributed by atoms with Crippen LogP contribution in [0.4, 0.5) is 0 Å². The van der Waals surface area contributed by atoms with Crippen molar-refractivity contribution < 1.29 is 19.5 Å². The number of carbonyl (C=O) groups is 3. The molecule has 0 fully saturated rings. The van der Waals surface area contributed by atoms with Crippen LogP contribution in [0.5, 0.6) is 0 Å². The second-order valence-corrected chi connectivity index (χ2v) is 6.69. The van der Waals surface area contributed by atoms with Crippen molar-refractivity contribution in [2.45, 2.75) is 37.9 Å². The van der Waals surface area contributed by atoms with E-state index in [1.54, 1.807) is 36.0 Å². The van der Waals surface area contributed by atoms with Crippen LogP contribution in [0.15, 0.2) is 30.3 Å². The van der Waals surface area contributed by atoms with Crippen LogP contribution >= 0.6 is 11.8 Å². The van der Waals surface area contributed by atoms with E-state index >= 15 is 0 Å². The Labute approximate surface area is 151 Å². The second-order valence-electron chi connectivity index (χ2n) is 5.71. The third-order valence-corrected chi connectivity index (χ3v) is 4.26. The molecular formula is C17H25N3O4S. The van der Waals surface area contributed by atoms with Gasteiger partial charge in [-0.25, -0.2) is 4.79 Å². The molecule has 5 N–H and O–H groups in total. The van der Waals surface area contributed by atoms with Gasteiger partial charge in [-0.05, 0) is 30.9 Å². The summed E-state index contributed by atoms with van der Waals surface area (Å²) in [6, 6.07) is 6.38. The summed E-state index contributed by atoms with van der Waals surface area (Å²) in [5.74, 6) is -1.37. The number of nitrogens with two attached hydrogens (primary N) is 1. The van der Waals surface area contributed by atoms with Gasteiger partial charge in [-0.3, -0.25) is 9.59 Å². The Balaban J connectivity index is 2.58. The molecule has 0 bridgehead atoms. The first-order valence-corrected chi connectivity index (χ1v) is 9.36. The molecule has 1 rings (SSSR count). The van der Waals surface area contributed by atoms with Crippen molar-refractivity contribution in [2.24, 2.45) is 5.73 Å². The van der Waals surface area contributed by atoms with E-state index in [0.717, 1.165) is 11.3 Å². The molecule has 0 aliphatic heterocycles. The molecule has 3 unspecified atom stereocenters. The topological polar surface area (TPSA) is 122 Å². The van der Waals surface area contributed by atoms with Crippen molar-refractivity contribution in [3.8, 4) is 0 Å². The molecule has 0 radical (unpaired) electrons. The number of carboxylic acid groups (broad SMARTS) is 1. The number of hydrogen-bond acceptors (Lipinski definition) is 5. The quantitative estimate of drug-likeness (QED) is 0.474. The lowest BCUT2D eigenvalue weighted by molar-refractivity contribution is -0.142. The van der Waals surface area contributed by atoms with Crippen LogP contribution in [-0.2, 0) is 20.8 Å². The van der Waals surface area contributed by atoms with Gasteiger partial charge in [-0.15, -0.1) is 0 Å². The van der Waals surface area contributed by atoms with Gasteiger partial charge in [0.15, 0.2) is 0 Å². The fourth-order valence-electron chi connectivity index (χ4n) is 2.11. The van der Waals surface area contributed by atoms with E-state index in [2.05, 4.69) is 10.6 Å². The van der Waals surface area contributed by atoms with Gasteiger partial charge in [0.2, 0.25) is 11.8 Å². The predicted molar refractivity (Wildman–Crippen MR) is 98.3 cm³/mol. The minimum atomic E-state index is -1.13. The lowest BCUT2D eigenvalue weighted by Crippen LogP contribution is -2.53. The molecule has 3 atom stereocenters. The minimum Gasteiger partial charge on any atom is -0.480 e. The van der Waals surface area contributed by atoms with Gasteiger partial charge in [0, 0.05) is 6.42 Å². The molecular weight excluding hydrogens is 342 g/mol. The van der Waals surface area contributed by atoms with E-state index in [9.17, 15) is 19.5 Å².